The van der Waals surface area contributed by atoms with E-state index >= 15 is 0 Å². The molecule has 0 aromatic carbocycles. The molecule has 0 bridgehead atoms. The summed E-state index contributed by atoms with van der Waals surface area (Å²) in [6.45, 7) is 4.79. The van der Waals surface area contributed by atoms with E-state index in [2.05, 4.69) is 9.71 Å². The van der Waals surface area contributed by atoms with E-state index in [4.69, 9.17) is 5.26 Å². The van der Waals surface area contributed by atoms with Crippen molar-refractivity contribution in [1.82, 2.24) is 4.98 Å². The van der Waals surface area contributed by atoms with Gasteiger partial charge in [-0.25, -0.2) is 13.4 Å². The maximum Gasteiger partial charge on any atom is 0.238 e. The topological polar surface area (TPSA) is 82.9 Å². The van der Waals surface area contributed by atoms with Crippen LogP contribution in [0.1, 0.15) is 26.3 Å². The number of nitriles is 1. The zero-order valence-electron chi connectivity index (χ0n) is 9.35. The van der Waals surface area contributed by atoms with Crippen molar-refractivity contribution in [2.45, 2.75) is 25.5 Å². The van der Waals surface area contributed by atoms with E-state index in [9.17, 15) is 8.42 Å². The van der Waals surface area contributed by atoms with Crippen LogP contribution in [0.3, 0.4) is 0 Å². The maximum atomic E-state index is 11.8. The molecule has 0 aliphatic carbocycles. The van der Waals surface area contributed by atoms with Crippen molar-refractivity contribution in [1.29, 1.82) is 5.26 Å². The zero-order valence-corrected chi connectivity index (χ0v) is 10.2. The number of hydrogen-bond acceptors (Lipinski definition) is 4. The molecule has 1 rings (SSSR count). The highest BCUT2D eigenvalue weighted by Gasteiger charge is 2.29. The summed E-state index contributed by atoms with van der Waals surface area (Å²) in [7, 11) is -3.47. The van der Waals surface area contributed by atoms with Crippen molar-refractivity contribution in [3.8, 4) is 6.07 Å². The average Bonchev–Trinajstić information content (AvgIpc) is 2.16. The molecule has 16 heavy (non-hydrogen) atoms. The van der Waals surface area contributed by atoms with E-state index in [-0.39, 0.29) is 5.82 Å². The molecule has 0 fully saturated rings. The van der Waals surface area contributed by atoms with Gasteiger partial charge < -0.3 is 0 Å². The Labute approximate surface area is 95.2 Å². The standard InChI is InChI=1S/C10H13N3O2S/c1-10(2,3)16(14,15)13-9-5-4-8(6-11)7-12-9/h4-5,7H,1-3H3,(H,12,13). The van der Waals surface area contributed by atoms with Crippen molar-refractivity contribution < 1.29 is 8.42 Å². The second-order valence-electron chi connectivity index (χ2n) is 4.26. The molecule has 5 nitrogen and oxygen atoms in total. The molecule has 86 valence electrons. The second kappa shape index (κ2) is 4.10. The fourth-order valence-corrected chi connectivity index (χ4v) is 1.51. The number of anilines is 1. The summed E-state index contributed by atoms with van der Waals surface area (Å²) in [6, 6.07) is 4.88. The summed E-state index contributed by atoms with van der Waals surface area (Å²) in [5.74, 6) is 0.217. The Kier molecular flexibility index (Phi) is 3.19. The molecule has 1 N–H and O–H groups in total. The first-order valence-electron chi connectivity index (χ1n) is 4.65. The minimum atomic E-state index is -3.47. The highest BCUT2D eigenvalue weighted by molar-refractivity contribution is 7.94. The SMILES string of the molecule is CC(C)(C)S(=O)(=O)Nc1ccc(C#N)cn1. The summed E-state index contributed by atoms with van der Waals surface area (Å²) in [6.07, 6.45) is 1.32. The minimum Gasteiger partial charge on any atom is -0.267 e. The molecule has 1 aromatic rings. The molecular formula is C10H13N3O2S. The molecule has 0 aliphatic rings. The van der Waals surface area contributed by atoms with Crippen LogP contribution in [0.15, 0.2) is 18.3 Å². The lowest BCUT2D eigenvalue weighted by Gasteiger charge is -2.19. The summed E-state index contributed by atoms with van der Waals surface area (Å²) in [5.41, 5.74) is 0.388. The van der Waals surface area contributed by atoms with Crippen LogP contribution in [0.4, 0.5) is 5.82 Å². The first kappa shape index (κ1) is 12.5. The van der Waals surface area contributed by atoms with Crippen LogP contribution in [0.5, 0.6) is 0 Å². The monoisotopic (exact) mass is 239 g/mol. The van der Waals surface area contributed by atoms with Gasteiger partial charge in [-0.3, -0.25) is 4.72 Å². The predicted octanol–water partition coefficient (Wildman–Crippen LogP) is 1.49. The van der Waals surface area contributed by atoms with Crippen LogP contribution < -0.4 is 4.72 Å². The zero-order chi connectivity index (χ0) is 12.4. The van der Waals surface area contributed by atoms with E-state index in [0.29, 0.717) is 5.56 Å². The molecule has 0 amide bonds. The summed E-state index contributed by atoms with van der Waals surface area (Å²) in [5, 5.41) is 8.56. The van der Waals surface area contributed by atoms with Gasteiger partial charge >= 0.3 is 0 Å². The Balaban J connectivity index is 2.95. The third kappa shape index (κ3) is 2.70. The second-order valence-corrected chi connectivity index (χ2v) is 6.70. The van der Waals surface area contributed by atoms with Gasteiger partial charge in [0.25, 0.3) is 0 Å². The van der Waals surface area contributed by atoms with Crippen molar-refractivity contribution in [2.75, 3.05) is 4.72 Å². The molecular weight excluding hydrogens is 226 g/mol. The lowest BCUT2D eigenvalue weighted by Crippen LogP contribution is -2.33. The fraction of sp³-hybridized carbons (Fsp3) is 0.400. The molecule has 6 heteroatoms. The Hall–Kier alpha value is -1.61. The molecule has 0 spiro atoms. The van der Waals surface area contributed by atoms with Crippen LogP contribution in [0, 0.1) is 11.3 Å². The van der Waals surface area contributed by atoms with E-state index in [0.717, 1.165) is 0 Å². The minimum absolute atomic E-state index is 0.217. The van der Waals surface area contributed by atoms with Crippen LogP contribution >= 0.6 is 0 Å². The predicted molar refractivity (Wildman–Crippen MR) is 61.2 cm³/mol. The molecule has 1 heterocycles. The Morgan fingerprint density at radius 1 is 1.38 bits per heavy atom. The molecule has 0 atom stereocenters. The molecule has 0 radical (unpaired) electrons. The number of sulfonamides is 1. The Morgan fingerprint density at radius 2 is 2.00 bits per heavy atom. The van der Waals surface area contributed by atoms with Gasteiger partial charge in [-0.05, 0) is 32.9 Å². The van der Waals surface area contributed by atoms with E-state index in [1.54, 1.807) is 20.8 Å². The van der Waals surface area contributed by atoms with Crippen LogP contribution in [0.25, 0.3) is 0 Å². The number of nitrogens with one attached hydrogen (secondary N) is 1. The normalized spacial score (nSPS) is 11.9. The number of aromatic nitrogens is 1. The van der Waals surface area contributed by atoms with E-state index < -0.39 is 14.8 Å². The van der Waals surface area contributed by atoms with Crippen molar-refractivity contribution >= 4 is 15.8 Å². The van der Waals surface area contributed by atoms with Crippen LogP contribution in [-0.2, 0) is 10.0 Å². The number of pyridine rings is 1. The van der Waals surface area contributed by atoms with E-state index in [1.807, 2.05) is 6.07 Å². The highest BCUT2D eigenvalue weighted by atomic mass is 32.2. The van der Waals surface area contributed by atoms with Gasteiger partial charge in [0.2, 0.25) is 10.0 Å². The average molecular weight is 239 g/mol. The Morgan fingerprint density at radius 3 is 2.38 bits per heavy atom. The fourth-order valence-electron chi connectivity index (χ4n) is 0.811. The number of hydrogen-bond donors (Lipinski definition) is 1. The van der Waals surface area contributed by atoms with Crippen LogP contribution in [0.2, 0.25) is 0 Å². The number of rotatable bonds is 2. The van der Waals surface area contributed by atoms with Gasteiger partial charge in [0, 0.05) is 6.20 Å². The lowest BCUT2D eigenvalue weighted by atomic mass is 10.3. The van der Waals surface area contributed by atoms with Gasteiger partial charge in [0.1, 0.15) is 11.9 Å². The van der Waals surface area contributed by atoms with Gasteiger partial charge in [0.05, 0.1) is 10.3 Å². The van der Waals surface area contributed by atoms with E-state index in [1.165, 1.54) is 18.3 Å². The maximum absolute atomic E-state index is 11.8. The first-order valence-corrected chi connectivity index (χ1v) is 6.13. The van der Waals surface area contributed by atoms with Gasteiger partial charge in [-0.2, -0.15) is 5.26 Å². The number of nitrogens with zero attached hydrogens (tertiary/aromatic N) is 2. The smallest absolute Gasteiger partial charge is 0.238 e. The van der Waals surface area contributed by atoms with Gasteiger partial charge in [-0.15, -0.1) is 0 Å². The Bertz CT molecular complexity index is 506. The third-order valence-corrected chi connectivity index (χ3v) is 4.03. The molecule has 0 unspecified atom stereocenters. The molecule has 1 aromatic heterocycles. The summed E-state index contributed by atoms with van der Waals surface area (Å²) >= 11 is 0. The largest absolute Gasteiger partial charge is 0.267 e. The molecule has 0 aliphatic heterocycles. The molecule has 0 saturated carbocycles. The van der Waals surface area contributed by atoms with Crippen molar-refractivity contribution in [3.63, 3.8) is 0 Å². The summed E-state index contributed by atoms with van der Waals surface area (Å²) < 4.78 is 25.0. The van der Waals surface area contributed by atoms with Crippen molar-refractivity contribution in [2.24, 2.45) is 0 Å². The van der Waals surface area contributed by atoms with Gasteiger partial charge in [-0.1, -0.05) is 0 Å². The third-order valence-electron chi connectivity index (χ3n) is 1.94. The van der Waals surface area contributed by atoms with Crippen LogP contribution in [-0.4, -0.2) is 18.1 Å². The lowest BCUT2D eigenvalue weighted by molar-refractivity contribution is 0.566. The highest BCUT2D eigenvalue weighted by Crippen LogP contribution is 2.17. The van der Waals surface area contributed by atoms with Crippen molar-refractivity contribution in [3.05, 3.63) is 23.9 Å². The molecule has 0 saturated heterocycles. The summed E-state index contributed by atoms with van der Waals surface area (Å²) in [4.78, 5) is 3.84. The van der Waals surface area contributed by atoms with Gasteiger partial charge in [0.15, 0.2) is 0 Å². The first-order chi connectivity index (χ1) is 7.26. The quantitative estimate of drug-likeness (QED) is 0.847.